The van der Waals surface area contributed by atoms with Crippen LogP contribution in [0.2, 0.25) is 0 Å². The van der Waals surface area contributed by atoms with E-state index in [1.54, 1.807) is 0 Å². The van der Waals surface area contributed by atoms with Gasteiger partial charge in [-0.3, -0.25) is 0 Å². The molecular formula is C8H16S2. The van der Waals surface area contributed by atoms with Gasteiger partial charge in [-0.1, -0.05) is 0 Å². The van der Waals surface area contributed by atoms with Gasteiger partial charge in [-0.15, -0.1) is 0 Å². The van der Waals surface area contributed by atoms with Crippen LogP contribution in [-0.4, -0.2) is 25.0 Å². The molecule has 0 amide bonds. The second-order valence-electron chi connectivity index (χ2n) is 3.52. The van der Waals surface area contributed by atoms with Gasteiger partial charge in [0.2, 0.25) is 0 Å². The predicted molar refractivity (Wildman–Crippen MR) is 57.2 cm³/mol. The molecule has 0 N–H and O–H groups in total. The highest BCUT2D eigenvalue weighted by Gasteiger charge is 2.12. The zero-order valence-electron chi connectivity index (χ0n) is 7.13. The number of rotatable bonds is 0. The van der Waals surface area contributed by atoms with E-state index >= 15 is 0 Å². The molecule has 0 atom stereocenters. The van der Waals surface area contributed by atoms with Crippen molar-refractivity contribution in [2.24, 2.45) is 0 Å². The van der Waals surface area contributed by atoms with Gasteiger partial charge in [0.05, 0.1) is 0 Å². The summed E-state index contributed by atoms with van der Waals surface area (Å²) in [5.74, 6) is 0. The lowest BCUT2D eigenvalue weighted by atomic mass is 11.2. The van der Waals surface area contributed by atoms with E-state index in [9.17, 15) is 0 Å². The standard InChI is InChI=1S/C8H16S2/c1-9(2)5-7-10(3,4)8-6-9/h5-8H,1-4H3. The average molecular weight is 176 g/mol. The van der Waals surface area contributed by atoms with Gasteiger partial charge in [0.25, 0.3) is 0 Å². The summed E-state index contributed by atoms with van der Waals surface area (Å²) in [4.78, 5) is 0. The Balaban J connectivity index is 2.81. The quantitative estimate of drug-likeness (QED) is 0.532. The molecule has 0 aromatic rings. The summed E-state index contributed by atoms with van der Waals surface area (Å²) in [6.45, 7) is 0. The molecule has 0 aromatic carbocycles. The third-order valence-electron chi connectivity index (χ3n) is 1.51. The highest BCUT2D eigenvalue weighted by Crippen LogP contribution is 2.56. The highest BCUT2D eigenvalue weighted by atomic mass is 32.3. The summed E-state index contributed by atoms with van der Waals surface area (Å²) in [5.41, 5.74) is 0. The molecule has 2 heteroatoms. The van der Waals surface area contributed by atoms with Crippen LogP contribution < -0.4 is 0 Å². The Labute approximate surface area is 67.0 Å². The van der Waals surface area contributed by atoms with Gasteiger partial charge in [-0.2, -0.15) is 0 Å². The molecule has 0 unspecified atom stereocenters. The second-order valence-corrected chi connectivity index (χ2v) is 10.6. The monoisotopic (exact) mass is 176 g/mol. The van der Waals surface area contributed by atoms with Gasteiger partial charge in [0.15, 0.2) is 0 Å². The molecule has 1 aliphatic heterocycles. The Morgan fingerprint density at radius 1 is 0.600 bits per heavy atom. The molecule has 0 spiro atoms. The summed E-state index contributed by atoms with van der Waals surface area (Å²) >= 11 is 0. The van der Waals surface area contributed by atoms with Crippen molar-refractivity contribution >= 4 is 20.1 Å². The van der Waals surface area contributed by atoms with Gasteiger partial charge >= 0.3 is 0 Å². The first-order chi connectivity index (χ1) is 4.41. The fourth-order valence-electron chi connectivity index (χ4n) is 0.663. The summed E-state index contributed by atoms with van der Waals surface area (Å²) in [7, 11) is -0.988. The minimum absolute atomic E-state index is 0.494. The molecule has 10 heavy (non-hydrogen) atoms. The lowest BCUT2D eigenvalue weighted by molar-refractivity contribution is 2.06. The summed E-state index contributed by atoms with van der Waals surface area (Å²) in [5, 5.41) is 9.56. The van der Waals surface area contributed by atoms with Crippen LogP contribution in [0.5, 0.6) is 0 Å². The molecule has 1 aliphatic rings. The van der Waals surface area contributed by atoms with Crippen LogP contribution in [0.1, 0.15) is 0 Å². The number of hydrogen-bond donors (Lipinski definition) is 0. The first-order valence-electron chi connectivity index (χ1n) is 3.24. The third kappa shape index (κ3) is 2.10. The van der Waals surface area contributed by atoms with E-state index in [1.165, 1.54) is 0 Å². The number of hydrogen-bond acceptors (Lipinski definition) is 0. The van der Waals surface area contributed by atoms with E-state index in [-0.39, 0.29) is 0 Å². The second kappa shape index (κ2) is 2.35. The van der Waals surface area contributed by atoms with Gasteiger partial charge in [0.1, 0.15) is 0 Å². The molecule has 0 saturated heterocycles. The average Bonchev–Trinajstić information content (AvgIpc) is 1.79. The van der Waals surface area contributed by atoms with Crippen molar-refractivity contribution in [3.63, 3.8) is 0 Å². The van der Waals surface area contributed by atoms with Crippen molar-refractivity contribution in [2.45, 2.75) is 0 Å². The van der Waals surface area contributed by atoms with Crippen molar-refractivity contribution in [1.29, 1.82) is 0 Å². The molecule has 0 bridgehead atoms. The van der Waals surface area contributed by atoms with E-state index in [1.807, 2.05) is 0 Å². The van der Waals surface area contributed by atoms with Gasteiger partial charge in [-0.05, 0) is 46.7 Å². The largest absolute Gasteiger partial charge is 0.206 e. The zero-order chi connectivity index (χ0) is 7.83. The van der Waals surface area contributed by atoms with Gasteiger partial charge in [-0.25, -0.2) is 20.1 Å². The van der Waals surface area contributed by atoms with Crippen LogP contribution in [0.15, 0.2) is 21.6 Å². The molecule has 1 rings (SSSR count). The molecule has 0 aliphatic carbocycles. The smallest absolute Gasteiger partial charge is 0.0278 e. The molecule has 0 nitrogen and oxygen atoms in total. The fraction of sp³-hybridized carbons (Fsp3) is 0.500. The first kappa shape index (κ1) is 8.28. The SMILES string of the molecule is CS1(C)C=CS(C)(C)C=C1. The predicted octanol–water partition coefficient (Wildman–Crippen LogP) is 3.07. The molecule has 0 fully saturated rings. The van der Waals surface area contributed by atoms with Crippen molar-refractivity contribution in [2.75, 3.05) is 25.0 Å². The maximum Gasteiger partial charge on any atom is -0.0278 e. The van der Waals surface area contributed by atoms with E-state index in [0.717, 1.165) is 0 Å². The minimum atomic E-state index is -0.494. The van der Waals surface area contributed by atoms with E-state index in [0.29, 0.717) is 0 Å². The normalized spacial score (nSPS) is 33.2. The summed E-state index contributed by atoms with van der Waals surface area (Å²) in [6.07, 6.45) is 9.26. The maximum atomic E-state index is 2.39. The Kier molecular flexibility index (Phi) is 1.94. The minimum Gasteiger partial charge on any atom is -0.206 e. The lowest BCUT2D eigenvalue weighted by Crippen LogP contribution is -1.94. The maximum absolute atomic E-state index is 2.39. The summed E-state index contributed by atoms with van der Waals surface area (Å²) in [6, 6.07) is 0. The Morgan fingerprint density at radius 2 is 0.800 bits per heavy atom. The molecule has 0 aromatic heterocycles. The molecule has 60 valence electrons. The Morgan fingerprint density at radius 3 is 1.00 bits per heavy atom. The van der Waals surface area contributed by atoms with Crippen LogP contribution in [0, 0.1) is 0 Å². The molecule has 0 saturated carbocycles. The fourth-order valence-corrected chi connectivity index (χ4v) is 5.43. The molecule has 1 heterocycles. The third-order valence-corrected chi connectivity index (χ3v) is 5.21. The van der Waals surface area contributed by atoms with Gasteiger partial charge < -0.3 is 0 Å². The lowest BCUT2D eigenvalue weighted by Gasteiger charge is -2.33. The van der Waals surface area contributed by atoms with E-state index in [2.05, 4.69) is 46.7 Å². The van der Waals surface area contributed by atoms with Crippen molar-refractivity contribution in [3.05, 3.63) is 21.6 Å². The Bertz CT molecular complexity index is 149. The van der Waals surface area contributed by atoms with Gasteiger partial charge in [0, 0.05) is 0 Å². The zero-order valence-corrected chi connectivity index (χ0v) is 8.76. The summed E-state index contributed by atoms with van der Waals surface area (Å²) < 4.78 is 0. The van der Waals surface area contributed by atoms with Crippen molar-refractivity contribution < 1.29 is 0 Å². The van der Waals surface area contributed by atoms with Crippen molar-refractivity contribution in [1.82, 2.24) is 0 Å². The highest BCUT2D eigenvalue weighted by molar-refractivity contribution is 8.42. The van der Waals surface area contributed by atoms with Crippen LogP contribution in [0.4, 0.5) is 0 Å². The van der Waals surface area contributed by atoms with Crippen LogP contribution >= 0.6 is 20.1 Å². The van der Waals surface area contributed by atoms with E-state index < -0.39 is 20.1 Å². The molecular weight excluding hydrogens is 160 g/mol. The topological polar surface area (TPSA) is 0 Å². The van der Waals surface area contributed by atoms with Crippen LogP contribution in [0.25, 0.3) is 0 Å². The van der Waals surface area contributed by atoms with E-state index in [4.69, 9.17) is 0 Å². The molecule has 0 radical (unpaired) electrons. The Hall–Kier alpha value is 0.180. The first-order valence-corrected chi connectivity index (χ1v) is 8.39. The van der Waals surface area contributed by atoms with Crippen molar-refractivity contribution in [3.8, 4) is 0 Å². The van der Waals surface area contributed by atoms with Crippen LogP contribution in [-0.2, 0) is 0 Å². The van der Waals surface area contributed by atoms with Crippen LogP contribution in [0.3, 0.4) is 0 Å².